The van der Waals surface area contributed by atoms with Crippen molar-refractivity contribution in [3.63, 3.8) is 0 Å². The molecule has 0 spiro atoms. The molecular weight excluding hydrogens is 230 g/mol. The summed E-state index contributed by atoms with van der Waals surface area (Å²) in [5, 5.41) is 0.992. The smallest absolute Gasteiger partial charge is 0.219 e. The molecule has 0 bridgehead atoms. The lowest BCUT2D eigenvalue weighted by atomic mass is 9.89. The molecular formula is C10H18BrNO. The predicted molar refractivity (Wildman–Crippen MR) is 58.0 cm³/mol. The number of carbonyl (C=O) groups is 1. The summed E-state index contributed by atoms with van der Waals surface area (Å²) < 4.78 is 0. The monoisotopic (exact) mass is 247 g/mol. The molecule has 0 aromatic carbocycles. The largest absolute Gasteiger partial charge is 0.340 e. The molecule has 1 fully saturated rings. The van der Waals surface area contributed by atoms with Gasteiger partial charge in [-0.25, -0.2) is 0 Å². The first-order valence-corrected chi connectivity index (χ1v) is 6.12. The van der Waals surface area contributed by atoms with Gasteiger partial charge in [0, 0.05) is 24.8 Å². The summed E-state index contributed by atoms with van der Waals surface area (Å²) >= 11 is 3.45. The van der Waals surface area contributed by atoms with E-state index in [0.717, 1.165) is 18.3 Å². The average molecular weight is 248 g/mol. The number of carbonyl (C=O) groups excluding carboxylic acids is 1. The molecule has 76 valence electrons. The van der Waals surface area contributed by atoms with Crippen LogP contribution in [0.2, 0.25) is 0 Å². The molecule has 1 rings (SSSR count). The fourth-order valence-electron chi connectivity index (χ4n) is 2.19. The lowest BCUT2D eigenvalue weighted by molar-refractivity contribution is -0.133. The maximum atomic E-state index is 11.3. The van der Waals surface area contributed by atoms with Crippen molar-refractivity contribution in [3.8, 4) is 0 Å². The molecule has 1 aliphatic heterocycles. The van der Waals surface area contributed by atoms with Crippen LogP contribution in [-0.4, -0.2) is 28.7 Å². The molecule has 0 aromatic rings. The first-order chi connectivity index (χ1) is 6.16. The van der Waals surface area contributed by atoms with Gasteiger partial charge in [0.25, 0.3) is 0 Å². The van der Waals surface area contributed by atoms with E-state index in [1.54, 1.807) is 6.92 Å². The molecule has 0 saturated carbocycles. The van der Waals surface area contributed by atoms with Gasteiger partial charge in [0.1, 0.15) is 0 Å². The van der Waals surface area contributed by atoms with Crippen molar-refractivity contribution < 1.29 is 4.79 Å². The minimum Gasteiger partial charge on any atom is -0.340 e. The van der Waals surface area contributed by atoms with Crippen molar-refractivity contribution in [3.05, 3.63) is 0 Å². The van der Waals surface area contributed by atoms with Crippen LogP contribution in [0.3, 0.4) is 0 Å². The van der Waals surface area contributed by atoms with Gasteiger partial charge in [-0.3, -0.25) is 4.79 Å². The maximum Gasteiger partial charge on any atom is 0.219 e. The van der Waals surface area contributed by atoms with Gasteiger partial charge in [-0.2, -0.15) is 0 Å². The normalized spacial score (nSPS) is 29.0. The van der Waals surface area contributed by atoms with Crippen LogP contribution in [-0.2, 0) is 4.79 Å². The lowest BCUT2D eigenvalue weighted by Crippen LogP contribution is -2.46. The molecule has 1 aliphatic rings. The van der Waals surface area contributed by atoms with Crippen molar-refractivity contribution in [2.75, 3.05) is 11.9 Å². The third kappa shape index (κ3) is 2.70. The van der Waals surface area contributed by atoms with Crippen LogP contribution in [0.15, 0.2) is 0 Å². The Hall–Kier alpha value is -0.0500. The van der Waals surface area contributed by atoms with Crippen molar-refractivity contribution in [1.29, 1.82) is 0 Å². The highest BCUT2D eigenvalue weighted by molar-refractivity contribution is 9.09. The molecule has 2 unspecified atom stereocenters. The van der Waals surface area contributed by atoms with E-state index in [0.29, 0.717) is 12.0 Å². The van der Waals surface area contributed by atoms with Gasteiger partial charge in [-0.05, 0) is 25.2 Å². The molecule has 0 aromatic heterocycles. The Kier molecular flexibility index (Phi) is 4.23. The second-order valence-electron chi connectivity index (χ2n) is 3.88. The third-order valence-corrected chi connectivity index (χ3v) is 3.38. The van der Waals surface area contributed by atoms with Gasteiger partial charge in [0.2, 0.25) is 5.91 Å². The lowest BCUT2D eigenvalue weighted by Gasteiger charge is -2.39. The van der Waals surface area contributed by atoms with Crippen molar-refractivity contribution in [2.24, 2.45) is 5.92 Å². The topological polar surface area (TPSA) is 20.3 Å². The van der Waals surface area contributed by atoms with Crippen LogP contribution in [0.4, 0.5) is 0 Å². The van der Waals surface area contributed by atoms with E-state index >= 15 is 0 Å². The number of amides is 1. The number of rotatable bonds is 2. The Balaban J connectivity index is 2.62. The highest BCUT2D eigenvalue weighted by Crippen LogP contribution is 2.25. The van der Waals surface area contributed by atoms with Gasteiger partial charge in [0.15, 0.2) is 0 Å². The number of alkyl halides is 1. The van der Waals surface area contributed by atoms with Crippen molar-refractivity contribution in [2.45, 2.75) is 39.2 Å². The molecule has 0 radical (unpaired) electrons. The first kappa shape index (κ1) is 11.0. The van der Waals surface area contributed by atoms with Gasteiger partial charge in [-0.1, -0.05) is 22.9 Å². The van der Waals surface area contributed by atoms with Crippen LogP contribution in [0.25, 0.3) is 0 Å². The maximum absolute atomic E-state index is 11.3. The summed E-state index contributed by atoms with van der Waals surface area (Å²) in [4.78, 5) is 13.4. The number of nitrogens with zero attached hydrogens (tertiary/aromatic N) is 1. The summed E-state index contributed by atoms with van der Waals surface area (Å²) in [6.45, 7) is 4.89. The molecule has 2 nitrogen and oxygen atoms in total. The average Bonchev–Trinajstić information content (AvgIpc) is 2.08. The molecule has 3 heteroatoms. The van der Waals surface area contributed by atoms with E-state index in [-0.39, 0.29) is 5.91 Å². The third-order valence-electron chi connectivity index (χ3n) is 2.93. The first-order valence-electron chi connectivity index (χ1n) is 5.00. The molecule has 1 saturated heterocycles. The van der Waals surface area contributed by atoms with Gasteiger partial charge in [-0.15, -0.1) is 0 Å². The van der Waals surface area contributed by atoms with E-state index < -0.39 is 0 Å². The number of halogens is 1. The van der Waals surface area contributed by atoms with Crippen molar-refractivity contribution in [1.82, 2.24) is 4.90 Å². The SMILES string of the molecule is CC(=O)N1CCCC(C)C1CCBr. The van der Waals surface area contributed by atoms with Crippen LogP contribution >= 0.6 is 15.9 Å². The van der Waals surface area contributed by atoms with Gasteiger partial charge >= 0.3 is 0 Å². The fraction of sp³-hybridized carbons (Fsp3) is 0.900. The highest BCUT2D eigenvalue weighted by Gasteiger charge is 2.29. The quantitative estimate of drug-likeness (QED) is 0.687. The number of piperidine rings is 1. The summed E-state index contributed by atoms with van der Waals surface area (Å²) in [6.07, 6.45) is 3.52. The van der Waals surface area contributed by atoms with E-state index in [2.05, 4.69) is 22.9 Å². The fourth-order valence-corrected chi connectivity index (χ4v) is 2.66. The molecule has 1 heterocycles. The zero-order valence-electron chi connectivity index (χ0n) is 8.42. The zero-order chi connectivity index (χ0) is 9.84. The minimum atomic E-state index is 0.234. The van der Waals surface area contributed by atoms with E-state index in [4.69, 9.17) is 0 Å². The van der Waals surface area contributed by atoms with Crippen LogP contribution in [0, 0.1) is 5.92 Å². The Morgan fingerprint density at radius 3 is 2.85 bits per heavy atom. The number of likely N-dealkylation sites (tertiary alicyclic amines) is 1. The predicted octanol–water partition coefficient (Wildman–Crippen LogP) is 2.42. The summed E-state index contributed by atoms with van der Waals surface area (Å²) in [6, 6.07) is 0.464. The standard InChI is InChI=1S/C10H18BrNO/c1-8-4-3-7-12(9(2)13)10(8)5-6-11/h8,10H,3-7H2,1-2H3. The number of hydrogen-bond donors (Lipinski definition) is 0. The Morgan fingerprint density at radius 2 is 2.31 bits per heavy atom. The second kappa shape index (κ2) is 4.99. The Labute approximate surface area is 88.8 Å². The van der Waals surface area contributed by atoms with Crippen LogP contribution in [0.1, 0.15) is 33.1 Å². The minimum absolute atomic E-state index is 0.234. The summed E-state index contributed by atoms with van der Waals surface area (Å²) in [5.41, 5.74) is 0. The van der Waals surface area contributed by atoms with E-state index in [1.807, 2.05) is 4.90 Å². The summed E-state index contributed by atoms with van der Waals surface area (Å²) in [5.74, 6) is 0.896. The van der Waals surface area contributed by atoms with E-state index in [1.165, 1.54) is 12.8 Å². The Bertz CT molecular complexity index is 184. The van der Waals surface area contributed by atoms with Gasteiger partial charge in [0.05, 0.1) is 0 Å². The van der Waals surface area contributed by atoms with E-state index in [9.17, 15) is 4.79 Å². The molecule has 13 heavy (non-hydrogen) atoms. The molecule has 0 N–H and O–H groups in total. The van der Waals surface area contributed by atoms with Crippen molar-refractivity contribution >= 4 is 21.8 Å². The summed E-state index contributed by atoms with van der Waals surface area (Å²) in [7, 11) is 0. The van der Waals surface area contributed by atoms with Crippen LogP contribution in [0.5, 0.6) is 0 Å². The number of hydrogen-bond acceptors (Lipinski definition) is 1. The molecule has 2 atom stereocenters. The molecule has 0 aliphatic carbocycles. The molecule has 1 amide bonds. The zero-order valence-corrected chi connectivity index (χ0v) is 10.0. The second-order valence-corrected chi connectivity index (χ2v) is 4.67. The van der Waals surface area contributed by atoms with Crippen LogP contribution < -0.4 is 0 Å². The highest BCUT2D eigenvalue weighted by atomic mass is 79.9. The Morgan fingerprint density at radius 1 is 1.62 bits per heavy atom. The van der Waals surface area contributed by atoms with Gasteiger partial charge < -0.3 is 4.90 Å².